The standard InChI is InChI=1S/C34H23N5/c1-38-28-18-10-8-16-24(28)26-20-21-27-25-17-9-11-19-29(25)39(31(27)30(26)38)34-36-32(22-12-4-2-5-13-22)35-33(37-34)23-14-6-3-7-15-23/h2-21H,1H3. The van der Waals surface area contributed by atoms with Gasteiger partial charge in [-0.15, -0.1) is 0 Å². The Balaban J connectivity index is 1.55. The Morgan fingerprint density at radius 3 is 1.54 bits per heavy atom. The molecule has 0 radical (unpaired) electrons. The van der Waals surface area contributed by atoms with Gasteiger partial charge in [-0.1, -0.05) is 109 Å². The van der Waals surface area contributed by atoms with Gasteiger partial charge in [0, 0.05) is 45.2 Å². The fourth-order valence-electron chi connectivity index (χ4n) is 5.82. The summed E-state index contributed by atoms with van der Waals surface area (Å²) in [6.45, 7) is 0. The van der Waals surface area contributed by atoms with Gasteiger partial charge in [0.25, 0.3) is 0 Å². The Kier molecular flexibility index (Phi) is 4.67. The molecule has 0 aliphatic heterocycles. The van der Waals surface area contributed by atoms with Crippen molar-refractivity contribution in [1.29, 1.82) is 0 Å². The maximum Gasteiger partial charge on any atom is 0.238 e. The molecule has 3 aromatic heterocycles. The molecular weight excluding hydrogens is 478 g/mol. The summed E-state index contributed by atoms with van der Waals surface area (Å²) in [7, 11) is 2.14. The zero-order valence-electron chi connectivity index (χ0n) is 21.3. The minimum Gasteiger partial charge on any atom is -0.342 e. The first kappa shape index (κ1) is 21.8. The van der Waals surface area contributed by atoms with Gasteiger partial charge in [-0.25, -0.2) is 4.98 Å². The van der Waals surface area contributed by atoms with Gasteiger partial charge in [0.2, 0.25) is 5.95 Å². The van der Waals surface area contributed by atoms with E-state index >= 15 is 0 Å². The Morgan fingerprint density at radius 2 is 0.923 bits per heavy atom. The number of hydrogen-bond acceptors (Lipinski definition) is 3. The Labute approximate surface area is 224 Å². The van der Waals surface area contributed by atoms with Gasteiger partial charge in [-0.2, -0.15) is 9.97 Å². The number of aromatic nitrogens is 5. The Morgan fingerprint density at radius 1 is 0.436 bits per heavy atom. The number of para-hydroxylation sites is 2. The number of benzene rings is 5. The molecule has 0 aliphatic carbocycles. The topological polar surface area (TPSA) is 48.5 Å². The lowest BCUT2D eigenvalue weighted by Crippen LogP contribution is -2.07. The highest BCUT2D eigenvalue weighted by atomic mass is 15.2. The monoisotopic (exact) mass is 501 g/mol. The van der Waals surface area contributed by atoms with Gasteiger partial charge < -0.3 is 4.57 Å². The highest BCUT2D eigenvalue weighted by Crippen LogP contribution is 2.39. The predicted octanol–water partition coefficient (Wildman–Crippen LogP) is 7.95. The van der Waals surface area contributed by atoms with E-state index in [4.69, 9.17) is 15.0 Å². The van der Waals surface area contributed by atoms with Gasteiger partial charge in [-0.05, 0) is 12.1 Å². The molecule has 5 heteroatoms. The first-order valence-electron chi connectivity index (χ1n) is 13.0. The molecule has 0 atom stereocenters. The fourth-order valence-corrected chi connectivity index (χ4v) is 5.82. The first-order valence-corrected chi connectivity index (χ1v) is 13.0. The van der Waals surface area contributed by atoms with Crippen molar-refractivity contribution in [2.24, 2.45) is 7.05 Å². The van der Waals surface area contributed by atoms with E-state index in [2.05, 4.69) is 76.8 Å². The molecule has 0 fully saturated rings. The summed E-state index contributed by atoms with van der Waals surface area (Å²) in [6.07, 6.45) is 0. The molecule has 0 aliphatic rings. The van der Waals surface area contributed by atoms with Gasteiger partial charge >= 0.3 is 0 Å². The SMILES string of the molecule is Cn1c2ccccc2c2ccc3c4ccccc4n(-c4nc(-c5ccccc5)nc(-c5ccccc5)n4)c3c21. The highest BCUT2D eigenvalue weighted by Gasteiger charge is 2.21. The van der Waals surface area contributed by atoms with Crippen LogP contribution >= 0.6 is 0 Å². The number of rotatable bonds is 3. The second kappa shape index (κ2) is 8.36. The predicted molar refractivity (Wildman–Crippen MR) is 159 cm³/mol. The van der Waals surface area contributed by atoms with Crippen LogP contribution in [-0.4, -0.2) is 24.1 Å². The average Bonchev–Trinajstić information content (AvgIpc) is 3.50. The highest BCUT2D eigenvalue weighted by molar-refractivity contribution is 6.23. The summed E-state index contributed by atoms with van der Waals surface area (Å²) in [5.74, 6) is 1.90. The molecule has 39 heavy (non-hydrogen) atoms. The minimum absolute atomic E-state index is 0.603. The molecular formula is C34H23N5. The van der Waals surface area contributed by atoms with E-state index in [1.54, 1.807) is 0 Å². The second-order valence-electron chi connectivity index (χ2n) is 9.80. The summed E-state index contributed by atoms with van der Waals surface area (Å²) < 4.78 is 4.51. The molecule has 0 bridgehead atoms. The Bertz CT molecular complexity index is 2120. The zero-order chi connectivity index (χ0) is 25.9. The van der Waals surface area contributed by atoms with Crippen molar-refractivity contribution in [1.82, 2.24) is 24.1 Å². The first-order chi connectivity index (χ1) is 19.3. The van der Waals surface area contributed by atoms with E-state index in [9.17, 15) is 0 Å². The molecule has 0 amide bonds. The van der Waals surface area contributed by atoms with Crippen LogP contribution in [0.2, 0.25) is 0 Å². The number of hydrogen-bond donors (Lipinski definition) is 0. The van der Waals surface area contributed by atoms with Crippen molar-refractivity contribution < 1.29 is 0 Å². The van der Waals surface area contributed by atoms with Gasteiger partial charge in [0.15, 0.2) is 11.6 Å². The zero-order valence-corrected chi connectivity index (χ0v) is 21.3. The van der Waals surface area contributed by atoms with Crippen molar-refractivity contribution >= 4 is 43.6 Å². The molecule has 3 heterocycles. The summed E-state index contributed by atoms with van der Waals surface area (Å²) in [4.78, 5) is 15.1. The molecule has 5 aromatic carbocycles. The van der Waals surface area contributed by atoms with E-state index < -0.39 is 0 Å². The molecule has 0 spiro atoms. The van der Waals surface area contributed by atoms with E-state index in [1.807, 2.05) is 60.7 Å². The quantitative estimate of drug-likeness (QED) is 0.247. The molecule has 0 N–H and O–H groups in total. The lowest BCUT2D eigenvalue weighted by atomic mass is 10.1. The molecule has 0 unspecified atom stereocenters. The third-order valence-electron chi connectivity index (χ3n) is 7.59. The van der Waals surface area contributed by atoms with Gasteiger partial charge in [-0.3, -0.25) is 4.57 Å². The van der Waals surface area contributed by atoms with Crippen molar-refractivity contribution in [3.63, 3.8) is 0 Å². The van der Waals surface area contributed by atoms with E-state index in [1.165, 1.54) is 27.1 Å². The number of fused-ring (bicyclic) bond motifs is 7. The maximum absolute atomic E-state index is 5.09. The molecule has 0 saturated heterocycles. The van der Waals surface area contributed by atoms with Crippen LogP contribution < -0.4 is 0 Å². The van der Waals surface area contributed by atoms with Crippen molar-refractivity contribution in [2.45, 2.75) is 0 Å². The fraction of sp³-hybridized carbons (Fsp3) is 0.0294. The lowest BCUT2D eigenvalue weighted by Gasteiger charge is -2.12. The van der Waals surface area contributed by atoms with Gasteiger partial charge in [0.05, 0.1) is 16.6 Å². The second-order valence-corrected chi connectivity index (χ2v) is 9.80. The average molecular weight is 502 g/mol. The largest absolute Gasteiger partial charge is 0.342 e. The molecule has 0 saturated carbocycles. The van der Waals surface area contributed by atoms with Crippen LogP contribution in [0.25, 0.3) is 72.3 Å². The van der Waals surface area contributed by atoms with Crippen molar-refractivity contribution in [3.05, 3.63) is 121 Å². The smallest absolute Gasteiger partial charge is 0.238 e. The van der Waals surface area contributed by atoms with Crippen molar-refractivity contribution in [3.8, 4) is 28.7 Å². The van der Waals surface area contributed by atoms with Crippen LogP contribution in [0, 0.1) is 0 Å². The molecule has 8 rings (SSSR count). The van der Waals surface area contributed by atoms with Crippen LogP contribution in [0.5, 0.6) is 0 Å². The number of aryl methyl sites for hydroxylation is 1. The van der Waals surface area contributed by atoms with Crippen LogP contribution in [0.3, 0.4) is 0 Å². The maximum atomic E-state index is 5.09. The Hall–Kier alpha value is -5.29. The van der Waals surface area contributed by atoms with Crippen molar-refractivity contribution in [2.75, 3.05) is 0 Å². The lowest BCUT2D eigenvalue weighted by molar-refractivity contribution is 0.949. The van der Waals surface area contributed by atoms with Crippen LogP contribution in [0.1, 0.15) is 0 Å². The molecule has 8 aromatic rings. The normalized spacial score (nSPS) is 11.7. The third-order valence-corrected chi connectivity index (χ3v) is 7.59. The summed E-state index contributed by atoms with van der Waals surface area (Å²) >= 11 is 0. The van der Waals surface area contributed by atoms with E-state index in [-0.39, 0.29) is 0 Å². The van der Waals surface area contributed by atoms with E-state index in [0.29, 0.717) is 17.6 Å². The van der Waals surface area contributed by atoms with Crippen LogP contribution in [-0.2, 0) is 7.05 Å². The third kappa shape index (κ3) is 3.23. The summed E-state index contributed by atoms with van der Waals surface area (Å²) in [5.41, 5.74) is 6.42. The summed E-state index contributed by atoms with van der Waals surface area (Å²) in [5, 5.41) is 4.79. The van der Waals surface area contributed by atoms with Gasteiger partial charge in [0.1, 0.15) is 0 Å². The molecule has 5 nitrogen and oxygen atoms in total. The van der Waals surface area contributed by atoms with Crippen LogP contribution in [0.4, 0.5) is 0 Å². The van der Waals surface area contributed by atoms with E-state index in [0.717, 1.165) is 27.7 Å². The minimum atomic E-state index is 0.603. The van der Waals surface area contributed by atoms with Crippen LogP contribution in [0.15, 0.2) is 121 Å². The molecule has 184 valence electrons. The summed E-state index contributed by atoms with van der Waals surface area (Å²) in [6, 6.07) is 41.8. The number of nitrogens with zero attached hydrogens (tertiary/aromatic N) is 5.